The van der Waals surface area contributed by atoms with Crippen molar-refractivity contribution >= 4 is 35.0 Å². The van der Waals surface area contributed by atoms with Crippen LogP contribution in [0.15, 0.2) is 102 Å². The Kier molecular flexibility index (Phi) is 8.48. The van der Waals surface area contributed by atoms with Gasteiger partial charge in [0.1, 0.15) is 22.3 Å². The Balaban J connectivity index is 1.50. The second-order valence-corrected chi connectivity index (χ2v) is 9.46. The summed E-state index contributed by atoms with van der Waals surface area (Å²) in [5.74, 6) is 0.402. The standard InChI is InChI=1S/C30H28N2O4S/c1-20-12-14-22(15-13-20)32-30(34)28(21-8-5-4-6-9-21)37-24-18-16-23(17-19-24)31-29(33)27-25(35-2)10-7-11-26(27)36-3/h4-19,28H,1-3H3,(H,31,33)(H,32,34). The maximum absolute atomic E-state index is 13.3. The average Bonchev–Trinajstić information content (AvgIpc) is 2.93. The van der Waals surface area contributed by atoms with E-state index < -0.39 is 5.25 Å². The van der Waals surface area contributed by atoms with Crippen molar-refractivity contribution in [1.82, 2.24) is 0 Å². The fraction of sp³-hybridized carbons (Fsp3) is 0.133. The van der Waals surface area contributed by atoms with Crippen molar-refractivity contribution in [2.75, 3.05) is 24.9 Å². The highest BCUT2D eigenvalue weighted by Gasteiger charge is 2.23. The largest absolute Gasteiger partial charge is 0.496 e. The number of carbonyl (C=O) groups excluding carboxylic acids is 2. The Bertz CT molecular complexity index is 1330. The minimum atomic E-state index is -0.458. The van der Waals surface area contributed by atoms with Gasteiger partial charge in [0.05, 0.1) is 14.2 Å². The zero-order chi connectivity index (χ0) is 26.2. The van der Waals surface area contributed by atoms with Crippen molar-refractivity contribution in [3.05, 3.63) is 114 Å². The second kappa shape index (κ2) is 12.1. The fourth-order valence-electron chi connectivity index (χ4n) is 3.77. The number of aryl methyl sites for hydroxylation is 1. The lowest BCUT2D eigenvalue weighted by Crippen LogP contribution is -2.19. The number of hydrogen-bond acceptors (Lipinski definition) is 5. The number of anilines is 2. The van der Waals surface area contributed by atoms with Crippen LogP contribution in [-0.2, 0) is 4.79 Å². The Morgan fingerprint density at radius 1 is 0.703 bits per heavy atom. The summed E-state index contributed by atoms with van der Waals surface area (Å²) in [6.07, 6.45) is 0. The summed E-state index contributed by atoms with van der Waals surface area (Å²) in [7, 11) is 3.02. The molecule has 0 saturated carbocycles. The van der Waals surface area contributed by atoms with Crippen molar-refractivity contribution in [3.8, 4) is 11.5 Å². The minimum Gasteiger partial charge on any atom is -0.496 e. The molecule has 2 N–H and O–H groups in total. The summed E-state index contributed by atoms with van der Waals surface area (Å²) < 4.78 is 10.7. The van der Waals surface area contributed by atoms with Gasteiger partial charge in [-0.05, 0) is 61.0 Å². The van der Waals surface area contributed by atoms with Crippen LogP contribution < -0.4 is 20.1 Å². The smallest absolute Gasteiger partial charge is 0.263 e. The first kappa shape index (κ1) is 25.9. The quantitative estimate of drug-likeness (QED) is 0.243. The van der Waals surface area contributed by atoms with Gasteiger partial charge in [0.15, 0.2) is 0 Å². The van der Waals surface area contributed by atoms with E-state index in [-0.39, 0.29) is 11.8 Å². The number of hydrogen-bond donors (Lipinski definition) is 2. The number of methoxy groups -OCH3 is 2. The number of ether oxygens (including phenoxy) is 2. The van der Waals surface area contributed by atoms with Crippen LogP contribution in [0.4, 0.5) is 11.4 Å². The van der Waals surface area contributed by atoms with Crippen molar-refractivity contribution in [2.24, 2.45) is 0 Å². The highest BCUT2D eigenvalue weighted by atomic mass is 32.2. The second-order valence-electron chi connectivity index (χ2n) is 8.28. The van der Waals surface area contributed by atoms with Gasteiger partial charge in [-0.15, -0.1) is 11.8 Å². The van der Waals surface area contributed by atoms with Crippen LogP contribution in [-0.4, -0.2) is 26.0 Å². The monoisotopic (exact) mass is 512 g/mol. The highest BCUT2D eigenvalue weighted by Crippen LogP contribution is 2.37. The van der Waals surface area contributed by atoms with Gasteiger partial charge in [-0.25, -0.2) is 0 Å². The van der Waals surface area contributed by atoms with Crippen LogP contribution in [0.5, 0.6) is 11.5 Å². The first-order valence-electron chi connectivity index (χ1n) is 11.7. The SMILES string of the molecule is COc1cccc(OC)c1C(=O)Nc1ccc(SC(C(=O)Nc2ccc(C)cc2)c2ccccc2)cc1. The molecule has 0 spiro atoms. The topological polar surface area (TPSA) is 76.7 Å². The molecular weight excluding hydrogens is 484 g/mol. The Morgan fingerprint density at radius 3 is 1.86 bits per heavy atom. The Morgan fingerprint density at radius 2 is 1.27 bits per heavy atom. The summed E-state index contributed by atoms with van der Waals surface area (Å²) in [4.78, 5) is 27.1. The molecule has 37 heavy (non-hydrogen) atoms. The van der Waals surface area contributed by atoms with Crippen molar-refractivity contribution in [2.45, 2.75) is 17.1 Å². The molecule has 0 heterocycles. The molecule has 0 aromatic heterocycles. The predicted octanol–water partition coefficient (Wildman–Crippen LogP) is 6.74. The van der Waals surface area contributed by atoms with Crippen LogP contribution in [0, 0.1) is 6.92 Å². The summed E-state index contributed by atoms with van der Waals surface area (Å²) in [5.41, 5.74) is 3.72. The molecular formula is C30H28N2O4S. The highest BCUT2D eigenvalue weighted by molar-refractivity contribution is 8.00. The number of benzene rings is 4. The van der Waals surface area contributed by atoms with E-state index in [1.165, 1.54) is 26.0 Å². The molecule has 1 unspecified atom stereocenters. The van der Waals surface area contributed by atoms with E-state index in [1.807, 2.05) is 85.8 Å². The molecule has 188 valence electrons. The number of thioether (sulfide) groups is 1. The number of carbonyl (C=O) groups is 2. The molecule has 0 aliphatic rings. The van der Waals surface area contributed by atoms with Gasteiger partial charge in [-0.3, -0.25) is 9.59 Å². The van der Waals surface area contributed by atoms with Gasteiger partial charge in [-0.2, -0.15) is 0 Å². The number of nitrogens with one attached hydrogen (secondary N) is 2. The van der Waals surface area contributed by atoms with Gasteiger partial charge in [0.2, 0.25) is 5.91 Å². The van der Waals surface area contributed by atoms with Crippen LogP contribution >= 0.6 is 11.8 Å². The van der Waals surface area contributed by atoms with E-state index in [1.54, 1.807) is 18.2 Å². The molecule has 0 aliphatic carbocycles. The van der Waals surface area contributed by atoms with Crippen LogP contribution in [0.3, 0.4) is 0 Å². The zero-order valence-electron chi connectivity index (χ0n) is 20.9. The molecule has 0 bridgehead atoms. The number of amides is 2. The molecule has 4 rings (SSSR count). The van der Waals surface area contributed by atoms with E-state index in [2.05, 4.69) is 10.6 Å². The third-order valence-electron chi connectivity index (χ3n) is 5.68. The molecule has 1 atom stereocenters. The Labute approximate surface area is 221 Å². The summed E-state index contributed by atoms with van der Waals surface area (Å²) in [5, 5.41) is 5.46. The molecule has 4 aromatic carbocycles. The van der Waals surface area contributed by atoms with Crippen LogP contribution in [0.2, 0.25) is 0 Å². The van der Waals surface area contributed by atoms with Gasteiger partial charge in [0, 0.05) is 16.3 Å². The molecule has 0 radical (unpaired) electrons. The van der Waals surface area contributed by atoms with E-state index in [9.17, 15) is 9.59 Å². The predicted molar refractivity (Wildman–Crippen MR) is 149 cm³/mol. The summed E-state index contributed by atoms with van der Waals surface area (Å²) in [6, 6.07) is 30.0. The van der Waals surface area contributed by atoms with Crippen molar-refractivity contribution in [1.29, 1.82) is 0 Å². The average molecular weight is 513 g/mol. The van der Waals surface area contributed by atoms with E-state index in [4.69, 9.17) is 9.47 Å². The lowest BCUT2D eigenvalue weighted by molar-refractivity contribution is -0.115. The maximum Gasteiger partial charge on any atom is 0.263 e. The van der Waals surface area contributed by atoms with Crippen LogP contribution in [0.1, 0.15) is 26.7 Å². The van der Waals surface area contributed by atoms with Crippen LogP contribution in [0.25, 0.3) is 0 Å². The normalized spacial score (nSPS) is 11.3. The molecule has 4 aromatic rings. The first-order chi connectivity index (χ1) is 18.0. The molecule has 7 heteroatoms. The lowest BCUT2D eigenvalue weighted by atomic mass is 10.1. The number of rotatable bonds is 9. The van der Waals surface area contributed by atoms with Gasteiger partial charge in [-0.1, -0.05) is 54.1 Å². The van der Waals surface area contributed by atoms with Gasteiger partial charge >= 0.3 is 0 Å². The van der Waals surface area contributed by atoms with E-state index in [0.29, 0.717) is 22.7 Å². The summed E-state index contributed by atoms with van der Waals surface area (Å²) in [6.45, 7) is 2.01. The maximum atomic E-state index is 13.3. The first-order valence-corrected chi connectivity index (χ1v) is 12.6. The molecule has 0 fully saturated rings. The van der Waals surface area contributed by atoms with E-state index in [0.717, 1.165) is 21.7 Å². The zero-order valence-corrected chi connectivity index (χ0v) is 21.7. The fourth-order valence-corrected chi connectivity index (χ4v) is 4.79. The van der Waals surface area contributed by atoms with Gasteiger partial charge in [0.25, 0.3) is 5.91 Å². The third kappa shape index (κ3) is 6.51. The van der Waals surface area contributed by atoms with Crippen molar-refractivity contribution < 1.29 is 19.1 Å². The Hall–Kier alpha value is -4.23. The molecule has 0 saturated heterocycles. The molecule has 0 aliphatic heterocycles. The lowest BCUT2D eigenvalue weighted by Gasteiger charge is -2.18. The summed E-state index contributed by atoms with van der Waals surface area (Å²) >= 11 is 1.44. The van der Waals surface area contributed by atoms with E-state index >= 15 is 0 Å². The minimum absolute atomic E-state index is 0.110. The molecule has 2 amide bonds. The molecule has 6 nitrogen and oxygen atoms in total. The van der Waals surface area contributed by atoms with Crippen molar-refractivity contribution in [3.63, 3.8) is 0 Å². The van der Waals surface area contributed by atoms with Gasteiger partial charge < -0.3 is 20.1 Å². The third-order valence-corrected chi connectivity index (χ3v) is 6.95.